The van der Waals surface area contributed by atoms with Crippen LogP contribution in [0.25, 0.3) is 0 Å². The predicted octanol–water partition coefficient (Wildman–Crippen LogP) is 1.73. The molecule has 0 aromatic carbocycles. The van der Waals surface area contributed by atoms with E-state index in [1.807, 2.05) is 4.90 Å². The maximum atomic E-state index is 11.5. The Morgan fingerprint density at radius 2 is 2.08 bits per heavy atom. The van der Waals surface area contributed by atoms with E-state index >= 15 is 0 Å². The molecule has 3 nitrogen and oxygen atoms in total. The highest BCUT2D eigenvalue weighted by atomic mass is 16.2. The van der Waals surface area contributed by atoms with Crippen LogP contribution in [0.15, 0.2) is 0 Å². The van der Waals surface area contributed by atoms with Gasteiger partial charge in [-0.1, -0.05) is 19.3 Å². The molecular weight excluding hydrogens is 164 g/mol. The summed E-state index contributed by atoms with van der Waals surface area (Å²) in [5.41, 5.74) is 0.185. The van der Waals surface area contributed by atoms with Crippen LogP contribution < -0.4 is 5.32 Å². The van der Waals surface area contributed by atoms with Crippen LogP contribution in [0.2, 0.25) is 0 Å². The van der Waals surface area contributed by atoms with E-state index in [9.17, 15) is 4.79 Å². The summed E-state index contributed by atoms with van der Waals surface area (Å²) >= 11 is 0. The van der Waals surface area contributed by atoms with Crippen molar-refractivity contribution < 1.29 is 4.79 Å². The minimum absolute atomic E-state index is 0.143. The van der Waals surface area contributed by atoms with Gasteiger partial charge in [0.2, 0.25) is 0 Å². The van der Waals surface area contributed by atoms with Gasteiger partial charge in [0.05, 0.1) is 5.54 Å². The number of carbonyl (C=O) groups excluding carboxylic acids is 1. The highest BCUT2D eigenvalue weighted by Gasteiger charge is 2.44. The van der Waals surface area contributed by atoms with Gasteiger partial charge in [0.1, 0.15) is 0 Å². The summed E-state index contributed by atoms with van der Waals surface area (Å²) < 4.78 is 0. The van der Waals surface area contributed by atoms with Gasteiger partial charge in [-0.25, -0.2) is 4.79 Å². The zero-order chi connectivity index (χ0) is 9.31. The molecule has 1 spiro atoms. The minimum atomic E-state index is 0.143. The Morgan fingerprint density at radius 3 is 2.69 bits per heavy atom. The average Bonchev–Trinajstić information content (AvgIpc) is 2.45. The Morgan fingerprint density at radius 1 is 1.38 bits per heavy atom. The molecule has 1 N–H and O–H groups in total. The second-order valence-corrected chi connectivity index (χ2v) is 4.19. The van der Waals surface area contributed by atoms with Crippen LogP contribution in [-0.2, 0) is 0 Å². The molecule has 1 heterocycles. The zero-order valence-electron chi connectivity index (χ0n) is 8.31. The van der Waals surface area contributed by atoms with Crippen LogP contribution in [0, 0.1) is 0 Å². The summed E-state index contributed by atoms with van der Waals surface area (Å²) in [6.07, 6.45) is 6.30. The SMILES string of the molecule is CCN1C(=O)NCC12CCCCC2. The lowest BCUT2D eigenvalue weighted by Crippen LogP contribution is -2.48. The first-order chi connectivity index (χ1) is 6.28. The normalized spacial score (nSPS) is 26.5. The van der Waals surface area contributed by atoms with Crippen LogP contribution in [-0.4, -0.2) is 29.6 Å². The number of nitrogens with zero attached hydrogens (tertiary/aromatic N) is 1. The van der Waals surface area contributed by atoms with Crippen molar-refractivity contribution in [3.05, 3.63) is 0 Å². The standard InChI is InChI=1S/C10H18N2O/c1-2-12-9(13)11-8-10(12)6-4-3-5-7-10/h2-8H2,1H3,(H,11,13). The molecular formula is C10H18N2O. The summed E-state index contributed by atoms with van der Waals surface area (Å²) in [7, 11) is 0. The zero-order valence-corrected chi connectivity index (χ0v) is 8.31. The Balaban J connectivity index is 2.15. The lowest BCUT2D eigenvalue weighted by atomic mass is 9.81. The van der Waals surface area contributed by atoms with Gasteiger partial charge in [0.25, 0.3) is 0 Å². The van der Waals surface area contributed by atoms with Gasteiger partial charge in [-0.2, -0.15) is 0 Å². The van der Waals surface area contributed by atoms with E-state index in [1.165, 1.54) is 32.1 Å². The van der Waals surface area contributed by atoms with E-state index in [0.717, 1.165) is 13.1 Å². The molecule has 2 rings (SSSR count). The molecule has 1 saturated carbocycles. The number of carbonyl (C=O) groups is 1. The summed E-state index contributed by atoms with van der Waals surface area (Å²) in [5.74, 6) is 0. The van der Waals surface area contributed by atoms with Gasteiger partial charge >= 0.3 is 6.03 Å². The molecule has 2 aliphatic rings. The Bertz CT molecular complexity index is 209. The van der Waals surface area contributed by atoms with E-state index in [1.54, 1.807) is 0 Å². The second kappa shape index (κ2) is 3.20. The summed E-state index contributed by atoms with van der Waals surface area (Å²) in [4.78, 5) is 13.5. The van der Waals surface area contributed by atoms with Gasteiger partial charge in [-0.05, 0) is 19.8 Å². The third kappa shape index (κ3) is 1.30. The molecule has 2 amide bonds. The number of amides is 2. The smallest absolute Gasteiger partial charge is 0.317 e. The van der Waals surface area contributed by atoms with E-state index < -0.39 is 0 Å². The summed E-state index contributed by atoms with van der Waals surface area (Å²) in [5, 5.41) is 2.97. The third-order valence-corrected chi connectivity index (χ3v) is 3.49. The van der Waals surface area contributed by atoms with Crippen molar-refractivity contribution in [2.24, 2.45) is 0 Å². The largest absolute Gasteiger partial charge is 0.336 e. The molecule has 1 saturated heterocycles. The molecule has 0 atom stereocenters. The highest BCUT2D eigenvalue weighted by molar-refractivity contribution is 5.77. The van der Waals surface area contributed by atoms with Gasteiger partial charge in [-0.15, -0.1) is 0 Å². The Labute approximate surface area is 79.5 Å². The molecule has 0 bridgehead atoms. The van der Waals surface area contributed by atoms with Gasteiger partial charge in [0, 0.05) is 13.1 Å². The van der Waals surface area contributed by atoms with Crippen molar-refractivity contribution in [2.45, 2.75) is 44.6 Å². The topological polar surface area (TPSA) is 32.3 Å². The van der Waals surface area contributed by atoms with Crippen molar-refractivity contribution in [1.82, 2.24) is 10.2 Å². The van der Waals surface area contributed by atoms with Crippen molar-refractivity contribution in [1.29, 1.82) is 0 Å². The highest BCUT2D eigenvalue weighted by Crippen LogP contribution is 2.35. The molecule has 74 valence electrons. The van der Waals surface area contributed by atoms with Gasteiger partial charge in [0.15, 0.2) is 0 Å². The molecule has 2 fully saturated rings. The molecule has 0 unspecified atom stereocenters. The van der Waals surface area contributed by atoms with Crippen molar-refractivity contribution >= 4 is 6.03 Å². The summed E-state index contributed by atoms with van der Waals surface area (Å²) in [6.45, 7) is 3.80. The quantitative estimate of drug-likeness (QED) is 0.658. The number of rotatable bonds is 1. The first kappa shape index (κ1) is 8.85. The molecule has 1 aliphatic carbocycles. The van der Waals surface area contributed by atoms with Gasteiger partial charge in [-0.3, -0.25) is 0 Å². The molecule has 3 heteroatoms. The first-order valence-corrected chi connectivity index (χ1v) is 5.34. The van der Waals surface area contributed by atoms with Crippen LogP contribution in [0.5, 0.6) is 0 Å². The molecule has 0 aromatic heterocycles. The fraction of sp³-hybridized carbons (Fsp3) is 0.900. The minimum Gasteiger partial charge on any atom is -0.336 e. The number of hydrogen-bond donors (Lipinski definition) is 1. The third-order valence-electron chi connectivity index (χ3n) is 3.49. The fourth-order valence-electron chi connectivity index (χ4n) is 2.78. The van der Waals surface area contributed by atoms with Crippen LogP contribution in [0.1, 0.15) is 39.0 Å². The lowest BCUT2D eigenvalue weighted by Gasteiger charge is -2.39. The van der Waals surface area contributed by atoms with E-state index in [2.05, 4.69) is 12.2 Å². The second-order valence-electron chi connectivity index (χ2n) is 4.19. The van der Waals surface area contributed by atoms with Crippen LogP contribution in [0.3, 0.4) is 0 Å². The van der Waals surface area contributed by atoms with Crippen molar-refractivity contribution in [2.75, 3.05) is 13.1 Å². The number of hydrogen-bond acceptors (Lipinski definition) is 1. The Kier molecular flexibility index (Phi) is 2.18. The molecule has 13 heavy (non-hydrogen) atoms. The van der Waals surface area contributed by atoms with Crippen LogP contribution >= 0.6 is 0 Å². The predicted molar refractivity (Wildman–Crippen MR) is 51.6 cm³/mol. The fourth-order valence-corrected chi connectivity index (χ4v) is 2.78. The average molecular weight is 182 g/mol. The molecule has 0 aromatic rings. The summed E-state index contributed by atoms with van der Waals surface area (Å²) in [6, 6.07) is 0.143. The number of urea groups is 1. The maximum absolute atomic E-state index is 11.5. The molecule has 0 radical (unpaired) electrons. The van der Waals surface area contributed by atoms with Gasteiger partial charge < -0.3 is 10.2 Å². The molecule has 1 aliphatic heterocycles. The number of likely N-dealkylation sites (N-methyl/N-ethyl adjacent to an activating group) is 1. The lowest BCUT2D eigenvalue weighted by molar-refractivity contribution is 0.124. The van der Waals surface area contributed by atoms with Crippen molar-refractivity contribution in [3.8, 4) is 0 Å². The maximum Gasteiger partial charge on any atom is 0.317 e. The first-order valence-electron chi connectivity index (χ1n) is 5.34. The van der Waals surface area contributed by atoms with E-state index in [0.29, 0.717) is 0 Å². The van der Waals surface area contributed by atoms with E-state index in [4.69, 9.17) is 0 Å². The number of nitrogens with one attached hydrogen (secondary N) is 1. The van der Waals surface area contributed by atoms with E-state index in [-0.39, 0.29) is 11.6 Å². The van der Waals surface area contributed by atoms with Crippen LogP contribution in [0.4, 0.5) is 4.79 Å². The monoisotopic (exact) mass is 182 g/mol. The van der Waals surface area contributed by atoms with Crippen molar-refractivity contribution in [3.63, 3.8) is 0 Å². The Hall–Kier alpha value is -0.730.